The number of nitrogens with one attached hydrogen (secondary N) is 1. The molecule has 0 spiro atoms. The maximum absolute atomic E-state index is 13.9. The summed E-state index contributed by atoms with van der Waals surface area (Å²) in [5, 5.41) is 3.83. The van der Waals surface area contributed by atoms with Crippen molar-refractivity contribution in [2.75, 3.05) is 12.4 Å². The molecule has 1 aliphatic rings. The molecule has 0 saturated carbocycles. The second-order valence-corrected chi connectivity index (χ2v) is 10.4. The van der Waals surface area contributed by atoms with Crippen LogP contribution < -0.4 is 5.32 Å². The fourth-order valence-corrected chi connectivity index (χ4v) is 5.94. The second-order valence-electron chi connectivity index (χ2n) is 8.13. The average molecular weight is 485 g/mol. The Morgan fingerprint density at radius 3 is 2.18 bits per heavy atom. The van der Waals surface area contributed by atoms with Gasteiger partial charge in [-0.25, -0.2) is 8.42 Å². The molecule has 3 aromatic carbocycles. The van der Waals surface area contributed by atoms with E-state index in [9.17, 15) is 13.2 Å². The maximum atomic E-state index is 13.9. The van der Waals surface area contributed by atoms with Crippen LogP contribution in [0.1, 0.15) is 40.9 Å². The molecule has 33 heavy (non-hydrogen) atoms. The maximum Gasteiger partial charge on any atom is 0.307 e. The first-order valence-electron chi connectivity index (χ1n) is 10.5. The van der Waals surface area contributed by atoms with Crippen molar-refractivity contribution >= 4 is 33.3 Å². The Morgan fingerprint density at radius 1 is 0.970 bits per heavy atom. The van der Waals surface area contributed by atoms with E-state index in [0.717, 1.165) is 16.8 Å². The third kappa shape index (κ3) is 4.62. The van der Waals surface area contributed by atoms with E-state index in [4.69, 9.17) is 16.3 Å². The van der Waals surface area contributed by atoms with Gasteiger partial charge in [0, 0.05) is 10.7 Å². The Balaban J connectivity index is 1.87. The molecule has 6 nitrogen and oxygen atoms in total. The van der Waals surface area contributed by atoms with E-state index in [1.54, 1.807) is 42.5 Å². The summed E-state index contributed by atoms with van der Waals surface area (Å²) in [6, 6.07) is 18.8. The highest BCUT2D eigenvalue weighted by molar-refractivity contribution is 7.89. The third-order valence-electron chi connectivity index (χ3n) is 5.80. The number of methoxy groups -OCH3 is 1. The van der Waals surface area contributed by atoms with Gasteiger partial charge in [-0.2, -0.15) is 4.31 Å². The first-order valence-corrected chi connectivity index (χ1v) is 12.3. The van der Waals surface area contributed by atoms with Gasteiger partial charge in [0.15, 0.2) is 0 Å². The molecule has 0 fully saturated rings. The molecule has 0 aromatic heterocycles. The lowest BCUT2D eigenvalue weighted by Crippen LogP contribution is -2.37. The zero-order valence-corrected chi connectivity index (χ0v) is 20.2. The lowest BCUT2D eigenvalue weighted by molar-refractivity contribution is -0.141. The number of hydrogen-bond donors (Lipinski definition) is 1. The number of halogens is 1. The van der Waals surface area contributed by atoms with Gasteiger partial charge in [0.25, 0.3) is 0 Å². The fourth-order valence-electron chi connectivity index (χ4n) is 4.07. The molecule has 0 bridgehead atoms. The van der Waals surface area contributed by atoms with Crippen molar-refractivity contribution in [2.24, 2.45) is 0 Å². The number of fused-ring (bicyclic) bond motifs is 1. The van der Waals surface area contributed by atoms with Crippen molar-refractivity contribution in [3.05, 3.63) is 94.0 Å². The first-order chi connectivity index (χ1) is 15.7. The van der Waals surface area contributed by atoms with Gasteiger partial charge in [0.2, 0.25) is 10.0 Å². The van der Waals surface area contributed by atoms with Crippen LogP contribution in [0, 0.1) is 13.8 Å². The van der Waals surface area contributed by atoms with Crippen molar-refractivity contribution in [1.82, 2.24) is 4.31 Å². The summed E-state index contributed by atoms with van der Waals surface area (Å²) in [5.41, 5.74) is 4.20. The highest BCUT2D eigenvalue weighted by atomic mass is 35.5. The monoisotopic (exact) mass is 484 g/mol. The van der Waals surface area contributed by atoms with E-state index in [2.05, 4.69) is 5.32 Å². The van der Waals surface area contributed by atoms with E-state index >= 15 is 0 Å². The molecule has 0 unspecified atom stereocenters. The highest BCUT2D eigenvalue weighted by Crippen LogP contribution is 2.48. The molecule has 1 aliphatic heterocycles. The normalized spacial score (nSPS) is 18.1. The average Bonchev–Trinajstić information content (AvgIpc) is 3.08. The van der Waals surface area contributed by atoms with Crippen LogP contribution in [0.5, 0.6) is 0 Å². The van der Waals surface area contributed by atoms with E-state index in [1.165, 1.54) is 11.4 Å². The number of esters is 1. The van der Waals surface area contributed by atoms with Crippen LogP contribution >= 0.6 is 11.6 Å². The Bertz CT molecular complexity index is 1270. The van der Waals surface area contributed by atoms with Crippen molar-refractivity contribution in [3.63, 3.8) is 0 Å². The molecule has 1 N–H and O–H groups in total. The van der Waals surface area contributed by atoms with Crippen LogP contribution in [-0.2, 0) is 19.6 Å². The minimum Gasteiger partial charge on any atom is -0.469 e. The smallest absolute Gasteiger partial charge is 0.307 e. The van der Waals surface area contributed by atoms with Gasteiger partial charge >= 0.3 is 5.97 Å². The van der Waals surface area contributed by atoms with E-state index < -0.39 is 28.2 Å². The number of ether oxygens (including phenoxy) is 1. The number of sulfonamides is 1. The Morgan fingerprint density at radius 2 is 1.58 bits per heavy atom. The van der Waals surface area contributed by atoms with Crippen LogP contribution in [0.4, 0.5) is 5.69 Å². The number of aryl methyl sites for hydroxylation is 2. The van der Waals surface area contributed by atoms with Gasteiger partial charge < -0.3 is 10.1 Å². The predicted octanol–water partition coefficient (Wildman–Crippen LogP) is 5.38. The second kappa shape index (κ2) is 9.17. The topological polar surface area (TPSA) is 75.7 Å². The number of carbonyl (C=O) groups excluding carboxylic acids is 1. The lowest BCUT2D eigenvalue weighted by atomic mass is 10.0. The van der Waals surface area contributed by atoms with Crippen LogP contribution in [0.2, 0.25) is 5.02 Å². The van der Waals surface area contributed by atoms with Crippen molar-refractivity contribution in [1.29, 1.82) is 0 Å². The van der Waals surface area contributed by atoms with Crippen molar-refractivity contribution in [3.8, 4) is 0 Å². The summed E-state index contributed by atoms with van der Waals surface area (Å²) in [6.45, 7) is 3.88. The third-order valence-corrected chi connectivity index (χ3v) is 7.93. The quantitative estimate of drug-likeness (QED) is 0.475. The zero-order valence-electron chi connectivity index (χ0n) is 18.6. The number of hydrogen-bond acceptors (Lipinski definition) is 5. The van der Waals surface area contributed by atoms with Crippen LogP contribution in [0.3, 0.4) is 0 Å². The molecule has 0 saturated heterocycles. The molecule has 0 amide bonds. The summed E-state index contributed by atoms with van der Waals surface area (Å²) >= 11 is 6.30. The summed E-state index contributed by atoms with van der Waals surface area (Å²) < 4.78 is 34.1. The molecular weight excluding hydrogens is 460 g/mol. The Hall–Kier alpha value is -2.87. The standard InChI is InChI=1S/C25H25ClN2O4S/c1-16-4-9-19(10-5-16)27-25-22-14-18(26)8-13-21(22)23(15-24(29)32-3)28(25)33(30,31)20-11-6-17(2)7-12-20/h4-14,23,25,27H,15H2,1-3H3/t23-,25-/m0/s1. The molecule has 0 aliphatic carbocycles. The van der Waals surface area contributed by atoms with Gasteiger partial charge in [-0.1, -0.05) is 53.1 Å². The van der Waals surface area contributed by atoms with Gasteiger partial charge in [0.1, 0.15) is 6.17 Å². The van der Waals surface area contributed by atoms with Gasteiger partial charge in [-0.3, -0.25) is 4.79 Å². The molecule has 172 valence electrons. The number of benzene rings is 3. The fraction of sp³-hybridized carbons (Fsp3) is 0.240. The SMILES string of the molecule is COC(=O)C[C@H]1c2ccc(Cl)cc2[C@@H](Nc2ccc(C)cc2)N1S(=O)(=O)c1ccc(C)cc1. The van der Waals surface area contributed by atoms with Gasteiger partial charge in [0.05, 0.1) is 24.5 Å². The van der Waals surface area contributed by atoms with Gasteiger partial charge in [-0.05, 0) is 61.4 Å². The molecule has 1 heterocycles. The molecule has 3 aromatic rings. The first kappa shape index (κ1) is 23.3. The minimum atomic E-state index is -4.00. The molecule has 8 heteroatoms. The summed E-state index contributed by atoms with van der Waals surface area (Å²) in [6.07, 6.45) is -0.884. The molecular formula is C25H25ClN2O4S. The van der Waals surface area contributed by atoms with E-state index in [-0.39, 0.29) is 11.3 Å². The van der Waals surface area contributed by atoms with E-state index in [1.807, 2.05) is 38.1 Å². The number of rotatable bonds is 6. The summed E-state index contributed by atoms with van der Waals surface area (Å²) in [5.74, 6) is -0.499. The lowest BCUT2D eigenvalue weighted by Gasteiger charge is -2.30. The summed E-state index contributed by atoms with van der Waals surface area (Å²) in [7, 11) is -2.70. The number of anilines is 1. The van der Waals surface area contributed by atoms with Crippen LogP contribution in [-0.4, -0.2) is 25.8 Å². The molecule has 0 radical (unpaired) electrons. The Kier molecular flexibility index (Phi) is 6.47. The van der Waals surface area contributed by atoms with E-state index in [0.29, 0.717) is 16.1 Å². The number of nitrogens with zero attached hydrogens (tertiary/aromatic N) is 1. The van der Waals surface area contributed by atoms with Crippen LogP contribution in [0.25, 0.3) is 0 Å². The molecule has 4 rings (SSSR count). The Labute approximate surface area is 199 Å². The van der Waals surface area contributed by atoms with Crippen molar-refractivity contribution < 1.29 is 17.9 Å². The van der Waals surface area contributed by atoms with Gasteiger partial charge in [-0.15, -0.1) is 0 Å². The predicted molar refractivity (Wildman–Crippen MR) is 129 cm³/mol. The van der Waals surface area contributed by atoms with Crippen LogP contribution in [0.15, 0.2) is 71.6 Å². The zero-order chi connectivity index (χ0) is 23.8. The minimum absolute atomic E-state index is 0.123. The summed E-state index contributed by atoms with van der Waals surface area (Å²) in [4.78, 5) is 12.5. The van der Waals surface area contributed by atoms with Crippen molar-refractivity contribution in [2.45, 2.75) is 37.4 Å². The highest BCUT2D eigenvalue weighted by Gasteiger charge is 2.47. The molecule has 2 atom stereocenters. The largest absolute Gasteiger partial charge is 0.469 e. The number of carbonyl (C=O) groups is 1.